The summed E-state index contributed by atoms with van der Waals surface area (Å²) in [6, 6.07) is 90.2. The minimum atomic E-state index is 0.855. The van der Waals surface area contributed by atoms with Gasteiger partial charge in [0, 0.05) is 22.3 Å². The smallest absolute Gasteiger partial charge is 0.145 e. The van der Waals surface area contributed by atoms with Gasteiger partial charge < -0.3 is 9.32 Å². The van der Waals surface area contributed by atoms with Crippen molar-refractivity contribution in [3.05, 3.63) is 249 Å². The summed E-state index contributed by atoms with van der Waals surface area (Å²) in [5.41, 5.74) is 14.1. The number of hydrogen-bond donors (Lipinski definition) is 0. The second kappa shape index (κ2) is 15.5. The molecule has 0 atom stereocenters. The van der Waals surface area contributed by atoms with Crippen molar-refractivity contribution in [2.24, 2.45) is 0 Å². The van der Waals surface area contributed by atoms with Crippen molar-refractivity contribution in [1.82, 2.24) is 0 Å². The summed E-state index contributed by atoms with van der Waals surface area (Å²) in [5, 5.41) is 12.0. The van der Waals surface area contributed by atoms with E-state index in [-0.39, 0.29) is 0 Å². The third-order valence-corrected chi connectivity index (χ3v) is 13.4. The van der Waals surface area contributed by atoms with E-state index in [1.165, 1.54) is 65.3 Å². The number of furan rings is 1. The van der Waals surface area contributed by atoms with Crippen LogP contribution in [0.15, 0.2) is 253 Å². The van der Waals surface area contributed by atoms with Crippen LogP contribution in [0.25, 0.3) is 110 Å². The normalized spacial score (nSPS) is 11.6. The van der Waals surface area contributed by atoms with Crippen LogP contribution in [0.1, 0.15) is 0 Å². The highest BCUT2D eigenvalue weighted by Crippen LogP contribution is 2.49. The predicted molar refractivity (Wildman–Crippen MR) is 280 cm³/mol. The van der Waals surface area contributed by atoms with Gasteiger partial charge in [0.2, 0.25) is 0 Å². The van der Waals surface area contributed by atoms with Crippen LogP contribution in [0.4, 0.5) is 17.1 Å². The first-order valence-electron chi connectivity index (χ1n) is 22.7. The van der Waals surface area contributed by atoms with Gasteiger partial charge in [-0.15, -0.1) is 0 Å². The molecule has 0 amide bonds. The Balaban J connectivity index is 1.08. The van der Waals surface area contributed by atoms with Crippen LogP contribution >= 0.6 is 0 Å². The van der Waals surface area contributed by atoms with Crippen molar-refractivity contribution in [3.63, 3.8) is 0 Å². The van der Waals surface area contributed by atoms with Crippen molar-refractivity contribution >= 4 is 82.1 Å². The molecule has 13 aromatic rings. The molecule has 0 N–H and O–H groups in total. The minimum Gasteiger partial charge on any atom is -0.455 e. The maximum atomic E-state index is 7.07. The molecule has 0 aliphatic heterocycles. The highest BCUT2D eigenvalue weighted by molar-refractivity contribution is 6.21. The fraction of sp³-hybridized carbons (Fsp3) is 0. The lowest BCUT2D eigenvalue weighted by molar-refractivity contribution is 0.670. The van der Waals surface area contributed by atoms with Crippen LogP contribution in [0.5, 0.6) is 0 Å². The third kappa shape index (κ3) is 6.18. The summed E-state index contributed by atoms with van der Waals surface area (Å²) in [4.78, 5) is 2.44. The molecule has 2 heteroatoms. The molecule has 0 aliphatic carbocycles. The van der Waals surface area contributed by atoms with Gasteiger partial charge in [-0.3, -0.25) is 0 Å². The molecule has 0 spiro atoms. The summed E-state index contributed by atoms with van der Waals surface area (Å²) in [6.07, 6.45) is 0. The maximum absolute atomic E-state index is 7.07. The topological polar surface area (TPSA) is 16.4 Å². The average molecular weight is 840 g/mol. The number of benzene rings is 12. The van der Waals surface area contributed by atoms with E-state index in [0.717, 1.165) is 61.3 Å². The second-order valence-corrected chi connectivity index (χ2v) is 17.2. The van der Waals surface area contributed by atoms with Crippen molar-refractivity contribution < 1.29 is 4.42 Å². The van der Waals surface area contributed by atoms with Crippen molar-refractivity contribution in [2.45, 2.75) is 0 Å². The Morgan fingerprint density at radius 1 is 0.273 bits per heavy atom. The zero-order chi connectivity index (χ0) is 43.6. The van der Waals surface area contributed by atoms with E-state index in [4.69, 9.17) is 4.42 Å². The first kappa shape index (κ1) is 37.8. The maximum Gasteiger partial charge on any atom is 0.145 e. The van der Waals surface area contributed by atoms with Gasteiger partial charge in [-0.05, 0) is 137 Å². The number of nitrogens with zero attached hydrogens (tertiary/aromatic N) is 1. The van der Waals surface area contributed by atoms with Crippen LogP contribution in [0.3, 0.4) is 0 Å². The molecule has 1 heterocycles. The Morgan fingerprint density at radius 3 is 1.39 bits per heavy atom. The fourth-order valence-electron chi connectivity index (χ4n) is 10.4. The summed E-state index contributed by atoms with van der Waals surface area (Å²) >= 11 is 0. The van der Waals surface area contributed by atoms with Crippen LogP contribution in [-0.4, -0.2) is 0 Å². The predicted octanol–water partition coefficient (Wildman–Crippen LogP) is 18.3. The van der Waals surface area contributed by atoms with Gasteiger partial charge in [0.1, 0.15) is 11.2 Å². The molecule has 0 saturated heterocycles. The largest absolute Gasteiger partial charge is 0.455 e. The number of anilines is 3. The molecule has 2 nitrogen and oxygen atoms in total. The number of para-hydroxylation sites is 1. The molecule has 0 saturated carbocycles. The van der Waals surface area contributed by atoms with E-state index >= 15 is 0 Å². The zero-order valence-electron chi connectivity index (χ0n) is 36.0. The molecule has 0 aliphatic rings. The van der Waals surface area contributed by atoms with Gasteiger partial charge in [-0.1, -0.05) is 194 Å². The van der Waals surface area contributed by atoms with Gasteiger partial charge in [-0.2, -0.15) is 0 Å². The van der Waals surface area contributed by atoms with Gasteiger partial charge in [0.15, 0.2) is 0 Å². The Morgan fingerprint density at radius 2 is 0.742 bits per heavy atom. The van der Waals surface area contributed by atoms with Gasteiger partial charge in [0.05, 0.1) is 11.1 Å². The molecule has 0 bridgehead atoms. The SMILES string of the molecule is c1ccc(-c2ccccc2-c2cccc(N(c3cccc(-c4cc5ccccc5c5ccccc45)c3)c3ccc(-c4cc5ccccc5c5ccccc45)c4oc5ccccc5c34)c2)cc1. The van der Waals surface area contributed by atoms with Crippen LogP contribution in [-0.2, 0) is 0 Å². The highest BCUT2D eigenvalue weighted by atomic mass is 16.3. The zero-order valence-corrected chi connectivity index (χ0v) is 36.0. The van der Waals surface area contributed by atoms with E-state index in [1.54, 1.807) is 0 Å². The summed E-state index contributed by atoms with van der Waals surface area (Å²) in [7, 11) is 0. The summed E-state index contributed by atoms with van der Waals surface area (Å²) in [5.74, 6) is 0. The van der Waals surface area contributed by atoms with Crippen molar-refractivity contribution in [1.29, 1.82) is 0 Å². The van der Waals surface area contributed by atoms with Gasteiger partial charge in [-0.25, -0.2) is 0 Å². The van der Waals surface area contributed by atoms with Crippen LogP contribution in [0, 0.1) is 0 Å². The number of hydrogen-bond acceptors (Lipinski definition) is 2. The molecule has 0 fully saturated rings. The quantitative estimate of drug-likeness (QED) is 0.149. The molecule has 66 heavy (non-hydrogen) atoms. The third-order valence-electron chi connectivity index (χ3n) is 13.4. The van der Waals surface area contributed by atoms with E-state index < -0.39 is 0 Å². The molecular weight excluding hydrogens is 799 g/mol. The standard InChI is InChI=1S/C64H41NO/c1-2-18-42(19-3-1)49-26-8-9-27-50(49)43-22-16-24-47(38-43)65(48-25-17-23-44(39-48)59-40-45-20-4-6-28-51(45)53-30-10-12-32-55(53)59)61-37-36-57(64-63(61)58-34-14-15-35-62(58)66-64)60-41-46-21-5-7-29-52(46)54-31-11-13-33-56(54)60/h1-41H. The van der Waals surface area contributed by atoms with Crippen molar-refractivity contribution in [2.75, 3.05) is 4.90 Å². The highest BCUT2D eigenvalue weighted by Gasteiger charge is 2.24. The summed E-state index contributed by atoms with van der Waals surface area (Å²) < 4.78 is 7.07. The molecular formula is C64H41NO. The van der Waals surface area contributed by atoms with E-state index in [9.17, 15) is 0 Å². The molecule has 308 valence electrons. The molecule has 13 rings (SSSR count). The first-order chi connectivity index (χ1) is 32.7. The lowest BCUT2D eigenvalue weighted by atomic mass is 9.91. The van der Waals surface area contributed by atoms with E-state index in [2.05, 4.69) is 254 Å². The molecule has 0 unspecified atom stereocenters. The van der Waals surface area contributed by atoms with E-state index in [1.807, 2.05) is 0 Å². The molecule has 0 radical (unpaired) electrons. The Labute approximate surface area is 382 Å². The van der Waals surface area contributed by atoms with Crippen LogP contribution < -0.4 is 4.90 Å². The van der Waals surface area contributed by atoms with Gasteiger partial charge in [0.25, 0.3) is 0 Å². The Bertz CT molecular complexity index is 4010. The Hall–Kier alpha value is -8.72. The average Bonchev–Trinajstić information content (AvgIpc) is 3.79. The minimum absolute atomic E-state index is 0.855. The second-order valence-electron chi connectivity index (χ2n) is 17.2. The molecule has 1 aromatic heterocycles. The number of fused-ring (bicyclic) bond motifs is 9. The van der Waals surface area contributed by atoms with Crippen molar-refractivity contribution in [3.8, 4) is 44.5 Å². The lowest BCUT2D eigenvalue weighted by Gasteiger charge is -2.28. The first-order valence-corrected chi connectivity index (χ1v) is 22.7. The number of rotatable bonds is 7. The van der Waals surface area contributed by atoms with Gasteiger partial charge >= 0.3 is 0 Å². The molecule has 12 aromatic carbocycles. The van der Waals surface area contributed by atoms with E-state index in [0.29, 0.717) is 0 Å². The summed E-state index contributed by atoms with van der Waals surface area (Å²) in [6.45, 7) is 0. The fourth-order valence-corrected chi connectivity index (χ4v) is 10.4. The Kier molecular flexibility index (Phi) is 8.89. The lowest BCUT2D eigenvalue weighted by Crippen LogP contribution is -2.11. The monoisotopic (exact) mass is 839 g/mol. The van der Waals surface area contributed by atoms with Crippen LogP contribution in [0.2, 0.25) is 0 Å².